The lowest BCUT2D eigenvalue weighted by Crippen LogP contribution is -2.41. The topological polar surface area (TPSA) is 68.2 Å². The van der Waals surface area contributed by atoms with Gasteiger partial charge in [0.15, 0.2) is 0 Å². The number of aryl methyl sites for hydroxylation is 1. The average Bonchev–Trinajstić information content (AvgIpc) is 2.98. The van der Waals surface area contributed by atoms with Gasteiger partial charge in [-0.15, -0.1) is 0 Å². The van der Waals surface area contributed by atoms with E-state index >= 15 is 0 Å². The number of hydrogen-bond acceptors (Lipinski definition) is 4. The summed E-state index contributed by atoms with van der Waals surface area (Å²) in [6, 6.07) is 1.83. The number of rotatable bonds is 5. The Labute approximate surface area is 107 Å². The summed E-state index contributed by atoms with van der Waals surface area (Å²) in [6.07, 6.45) is 3.55. The molecule has 1 aliphatic heterocycles. The zero-order chi connectivity index (χ0) is 13.0. The van der Waals surface area contributed by atoms with Gasteiger partial charge in [-0.3, -0.25) is 9.48 Å². The SMILES string of the molecule is COC1CNC(C(=O)NCCc2ccn(C)n2)C1. The van der Waals surface area contributed by atoms with Gasteiger partial charge in [-0.2, -0.15) is 5.10 Å². The summed E-state index contributed by atoms with van der Waals surface area (Å²) in [7, 11) is 3.56. The van der Waals surface area contributed by atoms with Crippen molar-refractivity contribution in [3.63, 3.8) is 0 Å². The van der Waals surface area contributed by atoms with E-state index in [0.717, 1.165) is 25.1 Å². The molecule has 2 N–H and O–H groups in total. The summed E-state index contributed by atoms with van der Waals surface area (Å²) < 4.78 is 6.98. The third-order valence-electron chi connectivity index (χ3n) is 3.19. The molecule has 2 unspecified atom stereocenters. The van der Waals surface area contributed by atoms with Gasteiger partial charge in [0.25, 0.3) is 0 Å². The zero-order valence-electron chi connectivity index (χ0n) is 10.8. The Kier molecular flexibility index (Phi) is 4.33. The van der Waals surface area contributed by atoms with Crippen molar-refractivity contribution in [2.24, 2.45) is 7.05 Å². The molecule has 0 spiro atoms. The molecule has 0 aliphatic carbocycles. The molecular formula is C12H20N4O2. The average molecular weight is 252 g/mol. The molecule has 1 saturated heterocycles. The number of aromatic nitrogens is 2. The minimum atomic E-state index is -0.126. The summed E-state index contributed by atoms with van der Waals surface area (Å²) in [5, 5.41) is 10.3. The Hall–Kier alpha value is -1.40. The minimum Gasteiger partial charge on any atom is -0.380 e. The first-order valence-corrected chi connectivity index (χ1v) is 6.21. The fourth-order valence-corrected chi connectivity index (χ4v) is 2.12. The molecule has 1 aromatic heterocycles. The largest absolute Gasteiger partial charge is 0.380 e. The van der Waals surface area contributed by atoms with E-state index in [4.69, 9.17) is 4.74 Å². The molecule has 0 aromatic carbocycles. The van der Waals surface area contributed by atoms with Gasteiger partial charge in [0.05, 0.1) is 17.8 Å². The summed E-state index contributed by atoms with van der Waals surface area (Å²) in [4.78, 5) is 11.8. The highest BCUT2D eigenvalue weighted by atomic mass is 16.5. The molecule has 0 radical (unpaired) electrons. The van der Waals surface area contributed by atoms with Crippen LogP contribution in [0.5, 0.6) is 0 Å². The van der Waals surface area contributed by atoms with Crippen LogP contribution >= 0.6 is 0 Å². The maximum absolute atomic E-state index is 11.8. The Morgan fingerprint density at radius 2 is 2.56 bits per heavy atom. The van der Waals surface area contributed by atoms with Crippen molar-refractivity contribution in [1.82, 2.24) is 20.4 Å². The summed E-state index contributed by atoms with van der Waals surface area (Å²) in [5.41, 5.74) is 0.993. The number of nitrogens with one attached hydrogen (secondary N) is 2. The predicted molar refractivity (Wildman–Crippen MR) is 67.1 cm³/mol. The fraction of sp³-hybridized carbons (Fsp3) is 0.667. The fourth-order valence-electron chi connectivity index (χ4n) is 2.12. The lowest BCUT2D eigenvalue weighted by atomic mass is 10.2. The first kappa shape index (κ1) is 13.0. The molecule has 1 aromatic rings. The second kappa shape index (κ2) is 5.97. The van der Waals surface area contributed by atoms with Crippen LogP contribution in [0.2, 0.25) is 0 Å². The van der Waals surface area contributed by atoms with Crippen LogP contribution in [0.15, 0.2) is 12.3 Å². The van der Waals surface area contributed by atoms with E-state index < -0.39 is 0 Å². The van der Waals surface area contributed by atoms with Crippen LogP contribution < -0.4 is 10.6 Å². The van der Waals surface area contributed by atoms with E-state index in [0.29, 0.717) is 6.54 Å². The third kappa shape index (κ3) is 3.30. The van der Waals surface area contributed by atoms with Crippen molar-refractivity contribution < 1.29 is 9.53 Å². The summed E-state index contributed by atoms with van der Waals surface area (Å²) >= 11 is 0. The monoisotopic (exact) mass is 252 g/mol. The highest BCUT2D eigenvalue weighted by Gasteiger charge is 2.28. The van der Waals surface area contributed by atoms with Crippen molar-refractivity contribution in [2.45, 2.75) is 25.0 Å². The van der Waals surface area contributed by atoms with Crippen molar-refractivity contribution in [3.8, 4) is 0 Å². The van der Waals surface area contributed by atoms with Crippen LogP contribution in [-0.2, 0) is 23.0 Å². The van der Waals surface area contributed by atoms with Crippen molar-refractivity contribution >= 4 is 5.91 Å². The number of carbonyl (C=O) groups is 1. The molecule has 18 heavy (non-hydrogen) atoms. The zero-order valence-corrected chi connectivity index (χ0v) is 10.8. The molecule has 2 heterocycles. The second-order valence-electron chi connectivity index (χ2n) is 4.58. The molecule has 1 fully saturated rings. The molecule has 0 saturated carbocycles. The first-order chi connectivity index (χ1) is 8.69. The summed E-state index contributed by atoms with van der Waals surface area (Å²) in [5.74, 6) is 0.0467. The molecule has 2 rings (SSSR count). The van der Waals surface area contributed by atoms with E-state index in [1.165, 1.54) is 0 Å². The van der Waals surface area contributed by atoms with Crippen LogP contribution in [0.25, 0.3) is 0 Å². The molecular weight excluding hydrogens is 232 g/mol. The van der Waals surface area contributed by atoms with Crippen LogP contribution in [0.3, 0.4) is 0 Å². The molecule has 6 heteroatoms. The maximum atomic E-state index is 11.8. The molecule has 1 aliphatic rings. The predicted octanol–water partition coefficient (Wildman–Crippen LogP) is -0.544. The van der Waals surface area contributed by atoms with Gasteiger partial charge >= 0.3 is 0 Å². The number of carbonyl (C=O) groups excluding carboxylic acids is 1. The van der Waals surface area contributed by atoms with Gasteiger partial charge in [0, 0.05) is 39.9 Å². The van der Waals surface area contributed by atoms with Crippen molar-refractivity contribution in [1.29, 1.82) is 0 Å². The molecule has 100 valence electrons. The van der Waals surface area contributed by atoms with Gasteiger partial charge in [-0.05, 0) is 12.5 Å². The first-order valence-electron chi connectivity index (χ1n) is 6.21. The lowest BCUT2D eigenvalue weighted by Gasteiger charge is -2.10. The second-order valence-corrected chi connectivity index (χ2v) is 4.58. The number of ether oxygens (including phenoxy) is 1. The standard InChI is InChI=1S/C12H20N4O2/c1-16-6-4-9(15-16)3-5-13-12(17)11-7-10(18-2)8-14-11/h4,6,10-11,14H,3,5,7-8H2,1-2H3,(H,13,17). The highest BCUT2D eigenvalue weighted by Crippen LogP contribution is 2.09. The Morgan fingerprint density at radius 1 is 1.72 bits per heavy atom. The number of methoxy groups -OCH3 is 1. The van der Waals surface area contributed by atoms with E-state index in [9.17, 15) is 4.79 Å². The van der Waals surface area contributed by atoms with Crippen molar-refractivity contribution in [3.05, 3.63) is 18.0 Å². The van der Waals surface area contributed by atoms with E-state index in [2.05, 4.69) is 15.7 Å². The molecule has 0 bridgehead atoms. The maximum Gasteiger partial charge on any atom is 0.237 e. The van der Waals surface area contributed by atoms with Gasteiger partial charge in [0.2, 0.25) is 5.91 Å². The smallest absolute Gasteiger partial charge is 0.237 e. The van der Waals surface area contributed by atoms with Gasteiger partial charge in [0.1, 0.15) is 0 Å². The van der Waals surface area contributed by atoms with Crippen LogP contribution in [-0.4, -0.2) is 48.0 Å². The van der Waals surface area contributed by atoms with Crippen molar-refractivity contribution in [2.75, 3.05) is 20.2 Å². The molecule has 6 nitrogen and oxygen atoms in total. The van der Waals surface area contributed by atoms with Gasteiger partial charge in [-0.25, -0.2) is 0 Å². The minimum absolute atomic E-state index is 0.0467. The van der Waals surface area contributed by atoms with Gasteiger partial charge in [-0.1, -0.05) is 0 Å². The Morgan fingerprint density at radius 3 is 3.17 bits per heavy atom. The van der Waals surface area contributed by atoms with Crippen LogP contribution in [0, 0.1) is 0 Å². The van der Waals surface area contributed by atoms with Crippen LogP contribution in [0.1, 0.15) is 12.1 Å². The third-order valence-corrected chi connectivity index (χ3v) is 3.19. The number of nitrogens with zero attached hydrogens (tertiary/aromatic N) is 2. The normalized spacial score (nSPS) is 23.2. The number of hydrogen-bond donors (Lipinski definition) is 2. The molecule has 2 atom stereocenters. The van der Waals surface area contributed by atoms with E-state index in [1.54, 1.807) is 11.8 Å². The van der Waals surface area contributed by atoms with E-state index in [-0.39, 0.29) is 18.1 Å². The molecule has 1 amide bonds. The van der Waals surface area contributed by atoms with Gasteiger partial charge < -0.3 is 15.4 Å². The Bertz CT molecular complexity index is 405. The lowest BCUT2D eigenvalue weighted by molar-refractivity contribution is -0.122. The number of amides is 1. The quantitative estimate of drug-likeness (QED) is 0.738. The van der Waals surface area contributed by atoms with E-state index in [1.807, 2.05) is 19.3 Å². The Balaban J connectivity index is 1.69. The summed E-state index contributed by atoms with van der Waals surface area (Å²) in [6.45, 7) is 1.36. The highest BCUT2D eigenvalue weighted by molar-refractivity contribution is 5.82. The van der Waals surface area contributed by atoms with Crippen LogP contribution in [0.4, 0.5) is 0 Å².